The first-order chi connectivity index (χ1) is 11.2. The monoisotopic (exact) mass is 314 g/mol. The Kier molecular flexibility index (Phi) is 4.60. The molecule has 2 N–H and O–H groups in total. The summed E-state index contributed by atoms with van der Waals surface area (Å²) in [5.74, 6) is -0.278. The molecule has 0 bridgehead atoms. The molecule has 0 radical (unpaired) electrons. The van der Waals surface area contributed by atoms with Gasteiger partial charge in [-0.15, -0.1) is 0 Å². The Morgan fingerprint density at radius 3 is 2.87 bits per heavy atom. The van der Waals surface area contributed by atoms with Crippen molar-refractivity contribution in [2.75, 3.05) is 13.1 Å². The number of amides is 2. The number of aromatic nitrogens is 4. The second kappa shape index (κ2) is 6.99. The van der Waals surface area contributed by atoms with Gasteiger partial charge in [0.2, 0.25) is 0 Å². The molecular formula is C15H18N6O2. The molecule has 1 saturated heterocycles. The molecule has 0 aliphatic carbocycles. The van der Waals surface area contributed by atoms with Crippen molar-refractivity contribution in [2.24, 2.45) is 0 Å². The summed E-state index contributed by atoms with van der Waals surface area (Å²) in [5, 5.41) is 9.47. The summed E-state index contributed by atoms with van der Waals surface area (Å²) < 4.78 is 0. The topological polar surface area (TPSA) is 104 Å². The van der Waals surface area contributed by atoms with E-state index in [1.54, 1.807) is 17.2 Å². The Morgan fingerprint density at radius 2 is 2.13 bits per heavy atom. The minimum absolute atomic E-state index is 0.0315. The minimum atomic E-state index is -0.226. The van der Waals surface area contributed by atoms with Gasteiger partial charge in [-0.2, -0.15) is 5.10 Å². The van der Waals surface area contributed by atoms with Gasteiger partial charge in [-0.25, -0.2) is 4.98 Å². The smallest absolute Gasteiger partial charge is 0.271 e. The van der Waals surface area contributed by atoms with E-state index in [0.29, 0.717) is 30.9 Å². The summed E-state index contributed by atoms with van der Waals surface area (Å²) in [5.41, 5.74) is 0.800. The van der Waals surface area contributed by atoms with Gasteiger partial charge in [-0.05, 0) is 25.3 Å². The predicted molar refractivity (Wildman–Crippen MR) is 81.6 cm³/mol. The van der Waals surface area contributed by atoms with Crippen LogP contribution in [0.25, 0.3) is 0 Å². The average Bonchev–Trinajstić information content (AvgIpc) is 3.02. The van der Waals surface area contributed by atoms with Crippen LogP contribution in [0.5, 0.6) is 0 Å². The second-order valence-corrected chi connectivity index (χ2v) is 5.45. The van der Waals surface area contributed by atoms with Crippen LogP contribution in [-0.2, 0) is 0 Å². The fourth-order valence-corrected chi connectivity index (χ4v) is 2.66. The van der Waals surface area contributed by atoms with Crippen LogP contribution >= 0.6 is 0 Å². The molecule has 0 aromatic carbocycles. The van der Waals surface area contributed by atoms with Gasteiger partial charge >= 0.3 is 0 Å². The van der Waals surface area contributed by atoms with Crippen molar-refractivity contribution in [3.8, 4) is 0 Å². The van der Waals surface area contributed by atoms with E-state index in [4.69, 9.17) is 0 Å². The number of rotatable bonds is 3. The van der Waals surface area contributed by atoms with Gasteiger partial charge in [0.25, 0.3) is 11.8 Å². The number of carbonyl (C=O) groups excluding carboxylic acids is 2. The fraction of sp³-hybridized carbons (Fsp3) is 0.400. The number of carbonyl (C=O) groups is 2. The zero-order valence-electron chi connectivity index (χ0n) is 12.6. The van der Waals surface area contributed by atoms with E-state index in [0.717, 1.165) is 12.8 Å². The predicted octanol–water partition coefficient (Wildman–Crippen LogP) is 0.624. The van der Waals surface area contributed by atoms with Crippen LogP contribution in [0.15, 0.2) is 30.9 Å². The maximum absolute atomic E-state index is 12.3. The molecule has 23 heavy (non-hydrogen) atoms. The molecule has 0 saturated carbocycles. The number of nitrogens with zero attached hydrogens (tertiary/aromatic N) is 4. The Balaban J connectivity index is 1.56. The van der Waals surface area contributed by atoms with Crippen molar-refractivity contribution in [3.63, 3.8) is 0 Å². The SMILES string of the molecule is O=C(NC1CCCN(C(=O)c2ccn[nH]2)CC1)c1cnccn1. The van der Waals surface area contributed by atoms with Crippen molar-refractivity contribution in [1.82, 2.24) is 30.4 Å². The molecule has 8 heteroatoms. The van der Waals surface area contributed by atoms with Crippen LogP contribution in [0.1, 0.15) is 40.2 Å². The highest BCUT2D eigenvalue weighted by atomic mass is 16.2. The molecule has 3 rings (SSSR count). The van der Waals surface area contributed by atoms with Gasteiger partial charge in [-0.1, -0.05) is 0 Å². The largest absolute Gasteiger partial charge is 0.348 e. The van der Waals surface area contributed by atoms with Crippen LogP contribution in [-0.4, -0.2) is 56.0 Å². The van der Waals surface area contributed by atoms with E-state index >= 15 is 0 Å². The highest BCUT2D eigenvalue weighted by Crippen LogP contribution is 2.13. The maximum Gasteiger partial charge on any atom is 0.271 e. The molecule has 1 aliphatic rings. The van der Waals surface area contributed by atoms with E-state index in [2.05, 4.69) is 25.5 Å². The lowest BCUT2D eigenvalue weighted by molar-refractivity contribution is 0.0755. The lowest BCUT2D eigenvalue weighted by atomic mass is 10.1. The van der Waals surface area contributed by atoms with Crippen LogP contribution in [0.2, 0.25) is 0 Å². The molecule has 2 aromatic rings. The van der Waals surface area contributed by atoms with Gasteiger partial charge in [0.1, 0.15) is 11.4 Å². The number of aromatic amines is 1. The van der Waals surface area contributed by atoms with Gasteiger partial charge in [-0.3, -0.25) is 19.7 Å². The van der Waals surface area contributed by atoms with E-state index in [-0.39, 0.29) is 17.9 Å². The van der Waals surface area contributed by atoms with Crippen molar-refractivity contribution in [2.45, 2.75) is 25.3 Å². The Labute approximate surface area is 133 Å². The molecule has 1 unspecified atom stereocenters. The third-order valence-electron chi connectivity index (χ3n) is 3.88. The number of hydrogen-bond acceptors (Lipinski definition) is 5. The summed E-state index contributed by atoms with van der Waals surface area (Å²) in [4.78, 5) is 34.1. The molecular weight excluding hydrogens is 296 g/mol. The third-order valence-corrected chi connectivity index (χ3v) is 3.88. The highest BCUT2D eigenvalue weighted by Gasteiger charge is 2.23. The van der Waals surface area contributed by atoms with Crippen LogP contribution < -0.4 is 5.32 Å². The van der Waals surface area contributed by atoms with Gasteiger partial charge in [0.15, 0.2) is 0 Å². The quantitative estimate of drug-likeness (QED) is 0.864. The van der Waals surface area contributed by atoms with Gasteiger partial charge < -0.3 is 10.2 Å². The van der Waals surface area contributed by atoms with Crippen molar-refractivity contribution in [1.29, 1.82) is 0 Å². The van der Waals surface area contributed by atoms with E-state index < -0.39 is 0 Å². The summed E-state index contributed by atoms with van der Waals surface area (Å²) in [7, 11) is 0. The van der Waals surface area contributed by atoms with E-state index in [9.17, 15) is 9.59 Å². The lowest BCUT2D eigenvalue weighted by Crippen LogP contribution is -2.37. The summed E-state index contributed by atoms with van der Waals surface area (Å²) >= 11 is 0. The average molecular weight is 314 g/mol. The first kappa shape index (κ1) is 15.1. The fourth-order valence-electron chi connectivity index (χ4n) is 2.66. The number of likely N-dealkylation sites (tertiary alicyclic amines) is 1. The molecule has 1 atom stereocenters. The molecule has 3 heterocycles. The van der Waals surface area contributed by atoms with Crippen LogP contribution in [0.4, 0.5) is 0 Å². The standard InChI is InChI=1S/C15H18N6O2/c22-14(13-10-16-6-7-17-13)19-11-2-1-8-21(9-4-11)15(23)12-3-5-18-20-12/h3,5-7,10-11H,1-2,4,8-9H2,(H,18,20)(H,19,22). The Bertz CT molecular complexity index is 658. The van der Waals surface area contributed by atoms with Crippen molar-refractivity contribution in [3.05, 3.63) is 42.2 Å². The molecule has 2 aromatic heterocycles. The Hall–Kier alpha value is -2.77. The minimum Gasteiger partial charge on any atom is -0.348 e. The van der Waals surface area contributed by atoms with Crippen LogP contribution in [0, 0.1) is 0 Å². The first-order valence-corrected chi connectivity index (χ1v) is 7.59. The first-order valence-electron chi connectivity index (χ1n) is 7.59. The Morgan fingerprint density at radius 1 is 1.22 bits per heavy atom. The van der Waals surface area contributed by atoms with Crippen molar-refractivity contribution < 1.29 is 9.59 Å². The highest BCUT2D eigenvalue weighted by molar-refractivity contribution is 5.92. The third kappa shape index (κ3) is 3.71. The number of nitrogens with one attached hydrogen (secondary N) is 2. The van der Waals surface area contributed by atoms with Crippen LogP contribution in [0.3, 0.4) is 0 Å². The number of hydrogen-bond donors (Lipinski definition) is 2. The molecule has 1 aliphatic heterocycles. The molecule has 8 nitrogen and oxygen atoms in total. The number of H-pyrrole nitrogens is 1. The molecule has 2 amide bonds. The molecule has 1 fully saturated rings. The van der Waals surface area contributed by atoms with E-state index in [1.807, 2.05) is 0 Å². The zero-order valence-corrected chi connectivity index (χ0v) is 12.6. The van der Waals surface area contributed by atoms with Crippen molar-refractivity contribution >= 4 is 11.8 Å². The second-order valence-electron chi connectivity index (χ2n) is 5.45. The lowest BCUT2D eigenvalue weighted by Gasteiger charge is -2.20. The molecule has 120 valence electrons. The summed E-state index contributed by atoms with van der Waals surface area (Å²) in [6.45, 7) is 1.28. The zero-order chi connectivity index (χ0) is 16.1. The molecule has 0 spiro atoms. The van der Waals surface area contributed by atoms with Gasteiger partial charge in [0.05, 0.1) is 6.20 Å². The summed E-state index contributed by atoms with van der Waals surface area (Å²) in [6, 6.07) is 1.70. The maximum atomic E-state index is 12.3. The normalized spacial score (nSPS) is 18.3. The van der Waals surface area contributed by atoms with E-state index in [1.165, 1.54) is 18.6 Å². The summed E-state index contributed by atoms with van der Waals surface area (Å²) in [6.07, 6.45) is 8.42. The van der Waals surface area contributed by atoms with Gasteiger partial charge in [0, 0.05) is 37.7 Å².